The van der Waals surface area contributed by atoms with Crippen LogP contribution in [0.5, 0.6) is 0 Å². The summed E-state index contributed by atoms with van der Waals surface area (Å²) in [4.78, 5) is 49.6. The molecule has 4 rings (SSSR count). The van der Waals surface area contributed by atoms with Crippen LogP contribution in [-0.4, -0.2) is 45.3 Å². The van der Waals surface area contributed by atoms with Crippen molar-refractivity contribution >= 4 is 41.1 Å². The number of hydrogen-bond donors (Lipinski definition) is 2. The van der Waals surface area contributed by atoms with E-state index in [1.165, 1.54) is 18.2 Å². The van der Waals surface area contributed by atoms with Gasteiger partial charge in [0.1, 0.15) is 11.1 Å². The molecular weight excluding hydrogens is 438 g/mol. The summed E-state index contributed by atoms with van der Waals surface area (Å²) in [6, 6.07) is 11.2. The van der Waals surface area contributed by atoms with Crippen LogP contribution < -0.4 is 5.32 Å². The molecule has 2 aliphatic rings. The molecule has 4 unspecified atom stereocenters. The Labute approximate surface area is 187 Å². The van der Waals surface area contributed by atoms with Crippen molar-refractivity contribution in [2.45, 2.75) is 12.1 Å². The maximum absolute atomic E-state index is 13.2. The molecule has 2 amide bonds. The highest BCUT2D eigenvalue weighted by Gasteiger charge is 2.60. The molecule has 0 saturated carbocycles. The number of carbonyl (C=O) groups excluding carboxylic acids is 2. The fourth-order valence-electron chi connectivity index (χ4n) is 4.31. The second-order valence-electron chi connectivity index (χ2n) is 7.58. The topological polar surface area (TPSA) is 130 Å². The van der Waals surface area contributed by atoms with E-state index in [9.17, 15) is 29.6 Å². The molecule has 164 valence electrons. The van der Waals surface area contributed by atoms with Gasteiger partial charge in [-0.2, -0.15) is 0 Å². The number of nitro groups is 1. The van der Waals surface area contributed by atoms with Crippen molar-refractivity contribution in [1.29, 1.82) is 0 Å². The third kappa shape index (κ3) is 3.76. The molecule has 4 atom stereocenters. The summed E-state index contributed by atoms with van der Waals surface area (Å²) in [5, 5.41) is 23.6. The number of carbonyl (C=O) groups is 3. The predicted octanol–water partition coefficient (Wildman–Crippen LogP) is 2.66. The minimum Gasteiger partial charge on any atom is -0.480 e. The van der Waals surface area contributed by atoms with Crippen molar-refractivity contribution < 1.29 is 24.4 Å². The van der Waals surface area contributed by atoms with Gasteiger partial charge in [-0.25, -0.2) is 0 Å². The van der Waals surface area contributed by atoms with Crippen molar-refractivity contribution in [2.24, 2.45) is 11.8 Å². The number of carboxylic acids is 1. The van der Waals surface area contributed by atoms with Crippen LogP contribution in [0.25, 0.3) is 6.08 Å². The Morgan fingerprint density at radius 1 is 1.16 bits per heavy atom. The highest BCUT2D eigenvalue weighted by molar-refractivity contribution is 6.32. The van der Waals surface area contributed by atoms with E-state index in [1.54, 1.807) is 12.2 Å². The molecule has 2 saturated heterocycles. The molecule has 10 heteroatoms. The van der Waals surface area contributed by atoms with Gasteiger partial charge in [0.2, 0.25) is 11.8 Å². The molecular formula is C22H18ClN3O6. The van der Waals surface area contributed by atoms with Crippen LogP contribution in [0.2, 0.25) is 5.02 Å². The van der Waals surface area contributed by atoms with E-state index in [2.05, 4.69) is 5.32 Å². The molecule has 0 aromatic heterocycles. The quantitative estimate of drug-likeness (QED) is 0.389. The van der Waals surface area contributed by atoms with Gasteiger partial charge in [0, 0.05) is 18.7 Å². The lowest BCUT2D eigenvalue weighted by Gasteiger charge is -2.20. The summed E-state index contributed by atoms with van der Waals surface area (Å²) in [6.07, 6.45) is 3.43. The summed E-state index contributed by atoms with van der Waals surface area (Å²) in [6.45, 7) is -0.000610. The van der Waals surface area contributed by atoms with Crippen molar-refractivity contribution in [3.8, 4) is 0 Å². The summed E-state index contributed by atoms with van der Waals surface area (Å²) in [5.41, 5.74) is 0.853. The number of benzene rings is 2. The molecule has 0 spiro atoms. The van der Waals surface area contributed by atoms with Gasteiger partial charge in [-0.05, 0) is 17.2 Å². The third-order valence-electron chi connectivity index (χ3n) is 5.76. The first-order chi connectivity index (χ1) is 15.3. The highest BCUT2D eigenvalue weighted by atomic mass is 35.5. The minimum atomic E-state index is -1.29. The van der Waals surface area contributed by atoms with E-state index in [0.29, 0.717) is 5.56 Å². The first kappa shape index (κ1) is 21.7. The summed E-state index contributed by atoms with van der Waals surface area (Å²) in [5.74, 6) is -4.46. The molecule has 9 nitrogen and oxygen atoms in total. The number of rotatable bonds is 6. The zero-order chi connectivity index (χ0) is 23.0. The molecule has 2 aliphatic heterocycles. The highest BCUT2D eigenvalue weighted by Crippen LogP contribution is 2.45. The van der Waals surface area contributed by atoms with Crippen LogP contribution in [0, 0.1) is 22.0 Å². The smallest absolute Gasteiger partial charge is 0.321 e. The van der Waals surface area contributed by atoms with E-state index in [1.807, 2.05) is 30.3 Å². The fraction of sp³-hybridized carbons (Fsp3) is 0.227. The summed E-state index contributed by atoms with van der Waals surface area (Å²) >= 11 is 5.88. The average molecular weight is 456 g/mol. The lowest BCUT2D eigenvalue weighted by Crippen LogP contribution is -2.43. The van der Waals surface area contributed by atoms with E-state index in [-0.39, 0.29) is 17.3 Å². The largest absolute Gasteiger partial charge is 0.480 e. The molecule has 2 heterocycles. The third-order valence-corrected chi connectivity index (χ3v) is 6.08. The van der Waals surface area contributed by atoms with Gasteiger partial charge in [0.25, 0.3) is 5.69 Å². The number of nitrogens with zero attached hydrogens (tertiary/aromatic N) is 2. The number of hydrogen-bond acceptors (Lipinski definition) is 6. The monoisotopic (exact) mass is 455 g/mol. The van der Waals surface area contributed by atoms with Crippen molar-refractivity contribution in [3.63, 3.8) is 0 Å². The average Bonchev–Trinajstić information content (AvgIpc) is 3.27. The van der Waals surface area contributed by atoms with Gasteiger partial charge in [-0.15, -0.1) is 0 Å². The van der Waals surface area contributed by atoms with Crippen molar-refractivity contribution in [3.05, 3.63) is 80.9 Å². The van der Waals surface area contributed by atoms with Crippen LogP contribution in [-0.2, 0) is 14.4 Å². The standard InChI is InChI=1S/C22H18ClN3O6/c23-14-9-8-13(11-15(14)26(31)32)18-16-17(19(24-18)22(29)30)21(28)25(20(16)27)10-4-7-12-5-2-1-3-6-12/h1-9,11,16-19,24H,10H2,(H,29,30). The number of amides is 2. The van der Waals surface area contributed by atoms with E-state index < -0.39 is 46.6 Å². The summed E-state index contributed by atoms with van der Waals surface area (Å²) < 4.78 is 0. The molecule has 0 bridgehead atoms. The molecule has 0 radical (unpaired) electrons. The Bertz CT molecular complexity index is 1140. The Morgan fingerprint density at radius 3 is 2.50 bits per heavy atom. The normalized spacial score (nSPS) is 24.8. The van der Waals surface area contributed by atoms with Gasteiger partial charge in [0.15, 0.2) is 0 Å². The van der Waals surface area contributed by atoms with E-state index in [4.69, 9.17) is 11.6 Å². The maximum atomic E-state index is 13.2. The second-order valence-corrected chi connectivity index (χ2v) is 7.99. The van der Waals surface area contributed by atoms with Gasteiger partial charge < -0.3 is 5.11 Å². The molecule has 0 aliphatic carbocycles. The van der Waals surface area contributed by atoms with Gasteiger partial charge in [0.05, 0.1) is 16.8 Å². The van der Waals surface area contributed by atoms with Gasteiger partial charge >= 0.3 is 5.97 Å². The number of likely N-dealkylation sites (tertiary alicyclic amines) is 1. The SMILES string of the molecule is O=C(O)C1NC(c2ccc(Cl)c([N+](=O)[O-])c2)C2C(=O)N(CC=Cc3ccccc3)C(=O)C12. The number of fused-ring (bicyclic) bond motifs is 1. The Hall–Kier alpha value is -3.56. The Kier molecular flexibility index (Phi) is 5.77. The lowest BCUT2D eigenvalue weighted by molar-refractivity contribution is -0.384. The Balaban J connectivity index is 1.64. The van der Waals surface area contributed by atoms with E-state index in [0.717, 1.165) is 10.5 Å². The first-order valence-corrected chi connectivity index (χ1v) is 10.2. The van der Waals surface area contributed by atoms with Crippen molar-refractivity contribution in [1.82, 2.24) is 10.2 Å². The zero-order valence-corrected chi connectivity index (χ0v) is 17.3. The number of halogens is 1. The van der Waals surface area contributed by atoms with Crippen LogP contribution in [0.3, 0.4) is 0 Å². The molecule has 2 aromatic rings. The lowest BCUT2D eigenvalue weighted by atomic mass is 9.86. The fourth-order valence-corrected chi connectivity index (χ4v) is 4.49. The minimum absolute atomic E-state index is 0.000610. The van der Waals surface area contributed by atoms with Crippen LogP contribution in [0.1, 0.15) is 17.2 Å². The second kappa shape index (κ2) is 8.52. The van der Waals surface area contributed by atoms with Gasteiger partial charge in [-0.3, -0.25) is 34.7 Å². The molecule has 2 fully saturated rings. The summed E-state index contributed by atoms with van der Waals surface area (Å²) in [7, 11) is 0. The van der Waals surface area contributed by atoms with Crippen LogP contribution in [0.15, 0.2) is 54.6 Å². The zero-order valence-electron chi connectivity index (χ0n) is 16.6. The number of nitro benzene ring substituents is 1. The van der Waals surface area contributed by atoms with Crippen LogP contribution >= 0.6 is 11.6 Å². The number of imide groups is 1. The number of nitrogens with one attached hydrogen (secondary N) is 1. The number of carboxylic acid groups (broad SMARTS) is 1. The Morgan fingerprint density at radius 2 is 1.84 bits per heavy atom. The first-order valence-electron chi connectivity index (χ1n) is 9.79. The number of aliphatic carboxylic acids is 1. The molecule has 32 heavy (non-hydrogen) atoms. The van der Waals surface area contributed by atoms with Crippen molar-refractivity contribution in [2.75, 3.05) is 6.54 Å². The van der Waals surface area contributed by atoms with Crippen LogP contribution in [0.4, 0.5) is 5.69 Å². The predicted molar refractivity (Wildman–Crippen MR) is 115 cm³/mol. The molecule has 2 aromatic carbocycles. The maximum Gasteiger partial charge on any atom is 0.321 e. The van der Waals surface area contributed by atoms with Gasteiger partial charge in [-0.1, -0.05) is 60.2 Å². The van der Waals surface area contributed by atoms with E-state index >= 15 is 0 Å². The molecule has 2 N–H and O–H groups in total.